The highest BCUT2D eigenvalue weighted by Crippen LogP contribution is 2.47. The van der Waals surface area contributed by atoms with E-state index in [1.54, 1.807) is 42.6 Å². The fraction of sp³-hybridized carbons (Fsp3) is 0.320. The summed E-state index contributed by atoms with van der Waals surface area (Å²) in [6, 6.07) is 6.15. The maximum atomic E-state index is 15.1. The Bertz CT molecular complexity index is 1420. The number of imidazole rings is 1. The van der Waals surface area contributed by atoms with Crippen molar-refractivity contribution in [2.45, 2.75) is 51.2 Å². The zero-order chi connectivity index (χ0) is 25.1. The van der Waals surface area contributed by atoms with Crippen LogP contribution in [0.1, 0.15) is 62.0 Å². The highest BCUT2D eigenvalue weighted by atomic mass is 35.5. The van der Waals surface area contributed by atoms with Gasteiger partial charge in [0, 0.05) is 59.2 Å². The van der Waals surface area contributed by atoms with E-state index in [0.29, 0.717) is 38.9 Å². The number of nitrogens with zero attached hydrogens (tertiary/aromatic N) is 4. The molecule has 1 aromatic carbocycles. The van der Waals surface area contributed by atoms with Gasteiger partial charge in [-0.1, -0.05) is 11.6 Å². The molecular formula is C25H23ClF2N4O3. The number of aliphatic hydroxyl groups is 2. The monoisotopic (exact) mass is 500 g/mol. The predicted octanol–water partition coefficient (Wildman–Crippen LogP) is 5.07. The van der Waals surface area contributed by atoms with Crippen LogP contribution < -0.4 is 4.74 Å². The standard InChI is InChI=1S/C25H23ClF2N4O3/c1-12(27)35-20-5-4-14(26)6-15(20)16-7-19(33)22-23(16)32-11-17(18(28)8-21(32)31-22)13-9-29-24(30-10-13)25(2,3)34/h4-6,8-12,16,19,33-34H,7H2,1-3H3. The molecule has 0 fully saturated rings. The molecular weight excluding hydrogens is 478 g/mol. The fourth-order valence-electron chi connectivity index (χ4n) is 4.48. The first-order valence-electron chi connectivity index (χ1n) is 11.1. The van der Waals surface area contributed by atoms with Crippen LogP contribution in [0.4, 0.5) is 8.78 Å². The smallest absolute Gasteiger partial charge is 0.235 e. The normalized spacial score (nSPS) is 18.6. The summed E-state index contributed by atoms with van der Waals surface area (Å²) >= 11 is 6.24. The Labute approximate surface area is 205 Å². The van der Waals surface area contributed by atoms with Crippen molar-refractivity contribution in [2.75, 3.05) is 0 Å². The van der Waals surface area contributed by atoms with Crippen LogP contribution in [0, 0.1) is 5.82 Å². The van der Waals surface area contributed by atoms with Gasteiger partial charge in [-0.05, 0) is 38.5 Å². The average Bonchev–Trinajstić information content (AvgIpc) is 3.30. The second kappa shape index (κ2) is 8.51. The Kier molecular flexibility index (Phi) is 5.74. The quantitative estimate of drug-likeness (QED) is 0.397. The van der Waals surface area contributed by atoms with E-state index < -0.39 is 29.8 Å². The van der Waals surface area contributed by atoms with E-state index in [1.165, 1.54) is 25.4 Å². The molecule has 3 atom stereocenters. The summed E-state index contributed by atoms with van der Waals surface area (Å²) in [5.41, 5.74) is 1.38. The van der Waals surface area contributed by atoms with Crippen LogP contribution in [0.3, 0.4) is 0 Å². The maximum Gasteiger partial charge on any atom is 0.235 e. The van der Waals surface area contributed by atoms with Crippen molar-refractivity contribution in [3.8, 4) is 16.9 Å². The number of benzene rings is 1. The number of ether oxygens (including phenoxy) is 1. The first-order chi connectivity index (χ1) is 16.5. The highest BCUT2D eigenvalue weighted by Gasteiger charge is 2.37. The molecule has 0 bridgehead atoms. The second-order valence-corrected chi connectivity index (χ2v) is 9.58. The average molecular weight is 501 g/mol. The molecule has 0 saturated carbocycles. The Hall–Kier alpha value is -3.14. The van der Waals surface area contributed by atoms with E-state index in [4.69, 9.17) is 16.3 Å². The highest BCUT2D eigenvalue weighted by molar-refractivity contribution is 6.30. The van der Waals surface area contributed by atoms with Gasteiger partial charge in [-0.25, -0.2) is 23.7 Å². The molecule has 182 valence electrons. The molecule has 1 aliphatic rings. The van der Waals surface area contributed by atoms with Gasteiger partial charge in [0.15, 0.2) is 5.82 Å². The van der Waals surface area contributed by atoms with Crippen LogP contribution in [0.15, 0.2) is 42.9 Å². The van der Waals surface area contributed by atoms with E-state index in [0.717, 1.165) is 0 Å². The van der Waals surface area contributed by atoms with Crippen molar-refractivity contribution in [2.24, 2.45) is 0 Å². The molecule has 3 aromatic heterocycles. The number of halogens is 3. The zero-order valence-corrected chi connectivity index (χ0v) is 20.0. The Morgan fingerprint density at radius 3 is 2.60 bits per heavy atom. The number of alkyl halides is 1. The summed E-state index contributed by atoms with van der Waals surface area (Å²) in [6.45, 7) is 4.40. The SMILES string of the molecule is CC(F)Oc1ccc(Cl)cc1C1CC(O)c2nc3cc(F)c(-c4cnc(C(C)(C)O)nc4)cn3c21. The largest absolute Gasteiger partial charge is 0.460 e. The molecule has 1 aliphatic carbocycles. The third kappa shape index (κ3) is 4.24. The predicted molar refractivity (Wildman–Crippen MR) is 125 cm³/mol. The number of hydrogen-bond acceptors (Lipinski definition) is 6. The van der Waals surface area contributed by atoms with Gasteiger partial charge >= 0.3 is 0 Å². The molecule has 7 nitrogen and oxygen atoms in total. The number of aromatic nitrogens is 4. The van der Waals surface area contributed by atoms with Gasteiger partial charge in [-0.2, -0.15) is 0 Å². The van der Waals surface area contributed by atoms with E-state index in [9.17, 15) is 14.6 Å². The van der Waals surface area contributed by atoms with E-state index in [2.05, 4.69) is 15.0 Å². The maximum absolute atomic E-state index is 15.1. The van der Waals surface area contributed by atoms with E-state index in [1.807, 2.05) is 0 Å². The first-order valence-corrected chi connectivity index (χ1v) is 11.5. The molecule has 10 heteroatoms. The third-order valence-corrected chi connectivity index (χ3v) is 6.26. The van der Waals surface area contributed by atoms with Gasteiger partial charge in [0.05, 0.1) is 17.5 Å². The minimum absolute atomic E-state index is 0.213. The number of rotatable bonds is 5. The molecule has 35 heavy (non-hydrogen) atoms. The van der Waals surface area contributed by atoms with Crippen LogP contribution in [0.5, 0.6) is 5.75 Å². The number of aliphatic hydroxyl groups excluding tert-OH is 1. The van der Waals surface area contributed by atoms with Gasteiger partial charge in [0.1, 0.15) is 22.8 Å². The Morgan fingerprint density at radius 2 is 1.94 bits per heavy atom. The minimum Gasteiger partial charge on any atom is -0.460 e. The molecule has 0 amide bonds. The lowest BCUT2D eigenvalue weighted by Crippen LogP contribution is -2.19. The lowest BCUT2D eigenvalue weighted by Gasteiger charge is -2.19. The first kappa shape index (κ1) is 23.6. The van der Waals surface area contributed by atoms with Gasteiger partial charge in [0.25, 0.3) is 0 Å². The topological polar surface area (TPSA) is 92.8 Å². The zero-order valence-electron chi connectivity index (χ0n) is 19.2. The molecule has 3 unspecified atom stereocenters. The van der Waals surface area contributed by atoms with Gasteiger partial charge in [0.2, 0.25) is 6.36 Å². The summed E-state index contributed by atoms with van der Waals surface area (Å²) in [5, 5.41) is 21.3. The molecule has 4 aromatic rings. The minimum atomic E-state index is -1.55. The fourth-order valence-corrected chi connectivity index (χ4v) is 4.66. The molecule has 2 N–H and O–H groups in total. The van der Waals surface area contributed by atoms with Crippen LogP contribution >= 0.6 is 11.6 Å². The second-order valence-electron chi connectivity index (χ2n) is 9.15. The Morgan fingerprint density at radius 1 is 1.23 bits per heavy atom. The summed E-state index contributed by atoms with van der Waals surface area (Å²) in [5.74, 6) is -0.438. The lowest BCUT2D eigenvalue weighted by atomic mass is 9.95. The van der Waals surface area contributed by atoms with E-state index in [-0.39, 0.29) is 17.8 Å². The van der Waals surface area contributed by atoms with Crippen molar-refractivity contribution in [3.05, 3.63) is 76.5 Å². The summed E-state index contributed by atoms with van der Waals surface area (Å²) < 4.78 is 35.9. The molecule has 0 spiro atoms. The molecule has 0 saturated heterocycles. The Balaban J connectivity index is 1.65. The van der Waals surface area contributed by atoms with Crippen LogP contribution in [-0.2, 0) is 5.60 Å². The molecule has 3 heterocycles. The van der Waals surface area contributed by atoms with Crippen molar-refractivity contribution >= 4 is 17.2 Å². The third-order valence-electron chi connectivity index (χ3n) is 6.03. The van der Waals surface area contributed by atoms with E-state index >= 15 is 4.39 Å². The van der Waals surface area contributed by atoms with Crippen LogP contribution in [-0.4, -0.2) is 35.9 Å². The van der Waals surface area contributed by atoms with Gasteiger partial charge < -0.3 is 19.4 Å². The lowest BCUT2D eigenvalue weighted by molar-refractivity contribution is 0.0687. The van der Waals surface area contributed by atoms with Gasteiger partial charge in [-0.3, -0.25) is 0 Å². The summed E-state index contributed by atoms with van der Waals surface area (Å²) in [7, 11) is 0. The van der Waals surface area contributed by atoms with Crippen molar-refractivity contribution < 1.29 is 23.7 Å². The molecule has 5 rings (SSSR count). The van der Waals surface area contributed by atoms with Crippen molar-refractivity contribution in [1.29, 1.82) is 0 Å². The molecule has 0 radical (unpaired) electrons. The van der Waals surface area contributed by atoms with Crippen LogP contribution in [0.2, 0.25) is 5.02 Å². The van der Waals surface area contributed by atoms with Crippen molar-refractivity contribution in [3.63, 3.8) is 0 Å². The number of pyridine rings is 1. The number of hydrogen-bond donors (Lipinski definition) is 2. The van der Waals surface area contributed by atoms with Crippen LogP contribution in [0.25, 0.3) is 16.8 Å². The van der Waals surface area contributed by atoms with Crippen molar-refractivity contribution in [1.82, 2.24) is 19.4 Å². The summed E-state index contributed by atoms with van der Waals surface area (Å²) in [4.78, 5) is 12.8. The molecule has 0 aliphatic heterocycles. The number of fused-ring (bicyclic) bond motifs is 3. The van der Waals surface area contributed by atoms with Gasteiger partial charge in [-0.15, -0.1) is 0 Å². The summed E-state index contributed by atoms with van der Waals surface area (Å²) in [6.07, 6.45) is 2.31.